The lowest BCUT2D eigenvalue weighted by atomic mass is 10.0. The van der Waals surface area contributed by atoms with Crippen molar-refractivity contribution in [3.8, 4) is 0 Å². The molecule has 1 aromatic carbocycles. The third-order valence-electron chi connectivity index (χ3n) is 5.62. The predicted octanol–water partition coefficient (Wildman–Crippen LogP) is 3.42. The van der Waals surface area contributed by atoms with Gasteiger partial charge in [0.05, 0.1) is 0 Å². The molecule has 2 fully saturated rings. The van der Waals surface area contributed by atoms with E-state index >= 15 is 0 Å². The van der Waals surface area contributed by atoms with Crippen LogP contribution < -0.4 is 5.32 Å². The summed E-state index contributed by atoms with van der Waals surface area (Å²) in [7, 11) is 0. The van der Waals surface area contributed by atoms with Gasteiger partial charge in [-0.05, 0) is 69.3 Å². The molecule has 2 aromatic rings. The molecule has 1 amide bonds. The Kier molecular flexibility index (Phi) is 4.77. The van der Waals surface area contributed by atoms with Crippen molar-refractivity contribution in [3.05, 3.63) is 65.5 Å². The number of pyridine rings is 1. The zero-order valence-corrected chi connectivity index (χ0v) is 15.4. The number of likely N-dealkylation sites (tertiary alicyclic amines) is 1. The molecule has 1 unspecified atom stereocenters. The van der Waals surface area contributed by atoms with E-state index in [1.165, 1.54) is 24.0 Å². The molecule has 1 atom stereocenters. The lowest BCUT2D eigenvalue weighted by Gasteiger charge is -2.29. The molecule has 1 aromatic heterocycles. The number of nitrogens with zero attached hydrogens (tertiary/aromatic N) is 2. The van der Waals surface area contributed by atoms with Crippen molar-refractivity contribution in [1.29, 1.82) is 0 Å². The maximum absolute atomic E-state index is 13.3. The molecular formula is C22H27N3O. The van der Waals surface area contributed by atoms with E-state index in [0.717, 1.165) is 37.9 Å². The fraction of sp³-hybridized carbons (Fsp3) is 0.455. The van der Waals surface area contributed by atoms with Gasteiger partial charge in [0.25, 0.3) is 0 Å². The van der Waals surface area contributed by atoms with Gasteiger partial charge in [0, 0.05) is 17.9 Å². The van der Waals surface area contributed by atoms with Crippen molar-refractivity contribution in [2.45, 2.75) is 50.6 Å². The van der Waals surface area contributed by atoms with E-state index in [4.69, 9.17) is 0 Å². The molecule has 4 heteroatoms. The number of benzene rings is 1. The molecule has 1 aliphatic heterocycles. The lowest BCUT2D eigenvalue weighted by Crippen LogP contribution is -2.46. The molecule has 2 aliphatic rings. The van der Waals surface area contributed by atoms with Gasteiger partial charge in [-0.1, -0.05) is 35.9 Å². The third kappa shape index (κ3) is 3.80. The molecule has 26 heavy (non-hydrogen) atoms. The average molecular weight is 349 g/mol. The number of hydrogen-bond acceptors (Lipinski definition) is 3. The van der Waals surface area contributed by atoms with Crippen LogP contribution >= 0.6 is 0 Å². The van der Waals surface area contributed by atoms with E-state index in [0.29, 0.717) is 0 Å². The minimum atomic E-state index is -0.221. The van der Waals surface area contributed by atoms with Gasteiger partial charge in [-0.15, -0.1) is 0 Å². The van der Waals surface area contributed by atoms with Crippen molar-refractivity contribution >= 4 is 5.91 Å². The van der Waals surface area contributed by atoms with Gasteiger partial charge in [-0.3, -0.25) is 14.7 Å². The van der Waals surface area contributed by atoms with E-state index in [1.807, 2.05) is 18.3 Å². The van der Waals surface area contributed by atoms with Crippen LogP contribution in [0.1, 0.15) is 48.4 Å². The maximum Gasteiger partial charge on any atom is 0.242 e. The van der Waals surface area contributed by atoms with Gasteiger partial charge < -0.3 is 5.32 Å². The first-order valence-electron chi connectivity index (χ1n) is 9.67. The Morgan fingerprint density at radius 2 is 2.04 bits per heavy atom. The topological polar surface area (TPSA) is 45.2 Å². The molecule has 0 radical (unpaired) electrons. The second kappa shape index (κ2) is 7.20. The van der Waals surface area contributed by atoms with Crippen LogP contribution in [0.25, 0.3) is 0 Å². The number of hydrogen-bond donors (Lipinski definition) is 1. The highest BCUT2D eigenvalue weighted by Gasteiger charge is 2.45. The number of rotatable bonds is 6. The smallest absolute Gasteiger partial charge is 0.242 e. The first-order chi connectivity index (χ1) is 12.7. The van der Waals surface area contributed by atoms with Crippen molar-refractivity contribution in [2.24, 2.45) is 0 Å². The quantitative estimate of drug-likeness (QED) is 0.869. The molecule has 4 nitrogen and oxygen atoms in total. The van der Waals surface area contributed by atoms with Crippen LogP contribution in [0, 0.1) is 6.92 Å². The summed E-state index contributed by atoms with van der Waals surface area (Å²) in [5.41, 5.74) is 3.51. The summed E-state index contributed by atoms with van der Waals surface area (Å²) in [5, 5.41) is 3.40. The third-order valence-corrected chi connectivity index (χ3v) is 5.62. The number of amides is 1. The minimum absolute atomic E-state index is 0.0644. The molecule has 0 bridgehead atoms. The Balaban J connectivity index is 1.51. The zero-order valence-electron chi connectivity index (χ0n) is 15.4. The van der Waals surface area contributed by atoms with E-state index in [2.05, 4.69) is 46.4 Å². The summed E-state index contributed by atoms with van der Waals surface area (Å²) >= 11 is 0. The average Bonchev–Trinajstić information content (AvgIpc) is 3.16. The Labute approximate surface area is 155 Å². The lowest BCUT2D eigenvalue weighted by molar-refractivity contribution is -0.127. The highest BCUT2D eigenvalue weighted by Crippen LogP contribution is 2.40. The first-order valence-corrected chi connectivity index (χ1v) is 9.67. The van der Waals surface area contributed by atoms with Crippen molar-refractivity contribution < 1.29 is 4.79 Å². The molecule has 1 aliphatic carbocycles. The van der Waals surface area contributed by atoms with E-state index in [-0.39, 0.29) is 17.5 Å². The van der Waals surface area contributed by atoms with Gasteiger partial charge in [-0.25, -0.2) is 0 Å². The Morgan fingerprint density at radius 1 is 1.23 bits per heavy atom. The van der Waals surface area contributed by atoms with Crippen LogP contribution in [0.3, 0.4) is 0 Å². The second-order valence-corrected chi connectivity index (χ2v) is 7.87. The van der Waals surface area contributed by atoms with Gasteiger partial charge in [0.1, 0.15) is 6.04 Å². The number of carbonyl (C=O) groups excluding carboxylic acids is 1. The Morgan fingerprint density at radius 3 is 2.69 bits per heavy atom. The highest BCUT2D eigenvalue weighted by molar-refractivity contribution is 5.84. The number of aromatic nitrogens is 1. The summed E-state index contributed by atoms with van der Waals surface area (Å²) < 4.78 is 0. The largest absolute Gasteiger partial charge is 0.349 e. The zero-order chi connectivity index (χ0) is 18.0. The van der Waals surface area contributed by atoms with Gasteiger partial charge in [0.15, 0.2) is 0 Å². The molecule has 0 spiro atoms. The number of nitrogens with one attached hydrogen (secondary N) is 1. The summed E-state index contributed by atoms with van der Waals surface area (Å²) in [6, 6.07) is 12.3. The predicted molar refractivity (Wildman–Crippen MR) is 103 cm³/mol. The maximum atomic E-state index is 13.3. The van der Waals surface area contributed by atoms with Crippen molar-refractivity contribution in [2.75, 3.05) is 13.1 Å². The van der Waals surface area contributed by atoms with E-state index in [9.17, 15) is 4.79 Å². The minimum Gasteiger partial charge on any atom is -0.349 e. The Hall–Kier alpha value is -2.20. The summed E-state index contributed by atoms with van der Waals surface area (Å²) in [5.74, 6) is 0.130. The molecule has 4 rings (SSSR count). The monoisotopic (exact) mass is 349 g/mol. The van der Waals surface area contributed by atoms with E-state index < -0.39 is 0 Å². The van der Waals surface area contributed by atoms with Gasteiger partial charge in [0.2, 0.25) is 5.91 Å². The van der Waals surface area contributed by atoms with Crippen LogP contribution in [-0.2, 0) is 11.2 Å². The second-order valence-electron chi connectivity index (χ2n) is 7.87. The summed E-state index contributed by atoms with van der Waals surface area (Å²) in [6.45, 7) is 4.09. The molecule has 2 heterocycles. The van der Waals surface area contributed by atoms with Crippen LogP contribution in [0.15, 0.2) is 48.8 Å². The molecule has 1 saturated carbocycles. The fourth-order valence-electron chi connectivity index (χ4n) is 4.10. The fourth-order valence-corrected chi connectivity index (χ4v) is 4.10. The first kappa shape index (κ1) is 17.2. The van der Waals surface area contributed by atoms with Crippen LogP contribution in [0.5, 0.6) is 0 Å². The summed E-state index contributed by atoms with van der Waals surface area (Å²) in [4.78, 5) is 19.8. The van der Waals surface area contributed by atoms with E-state index in [1.54, 1.807) is 6.20 Å². The number of aryl methyl sites for hydroxylation is 1. The molecule has 1 saturated heterocycles. The van der Waals surface area contributed by atoms with Crippen LogP contribution in [0.4, 0.5) is 0 Å². The van der Waals surface area contributed by atoms with Crippen LogP contribution in [-0.4, -0.2) is 34.4 Å². The van der Waals surface area contributed by atoms with Gasteiger partial charge in [-0.2, -0.15) is 0 Å². The highest BCUT2D eigenvalue weighted by atomic mass is 16.2. The normalized spacial score (nSPS) is 19.9. The molecular weight excluding hydrogens is 322 g/mol. The Bertz CT molecular complexity index is 764. The van der Waals surface area contributed by atoms with Crippen LogP contribution in [0.2, 0.25) is 0 Å². The summed E-state index contributed by atoms with van der Waals surface area (Å²) in [6.07, 6.45) is 8.97. The molecule has 136 valence electrons. The van der Waals surface area contributed by atoms with Crippen molar-refractivity contribution in [3.63, 3.8) is 0 Å². The molecule has 1 N–H and O–H groups in total. The SMILES string of the molecule is Cc1cccc(CC2(NC(=O)C(c3cccnc3)N3CCCC3)CC2)c1. The van der Waals surface area contributed by atoms with Gasteiger partial charge >= 0.3 is 0 Å². The standard InChI is InChI=1S/C22H27N3O/c1-17-6-4-7-18(14-17)15-22(9-10-22)24-21(26)20(25-12-2-3-13-25)19-8-5-11-23-16-19/h4-8,11,14,16,20H,2-3,9-10,12-13,15H2,1H3,(H,24,26). The van der Waals surface area contributed by atoms with Crippen molar-refractivity contribution in [1.82, 2.24) is 15.2 Å². The number of carbonyl (C=O) groups is 1.